The van der Waals surface area contributed by atoms with E-state index in [2.05, 4.69) is 25.7 Å². The smallest absolute Gasteiger partial charge is 0.255 e. The Morgan fingerprint density at radius 1 is 1.11 bits per heavy atom. The monoisotopic (exact) mass is 387 g/mol. The second kappa shape index (κ2) is 7.01. The molecule has 1 aromatic heterocycles. The number of amides is 1. The summed E-state index contributed by atoms with van der Waals surface area (Å²) in [7, 11) is 0. The molecule has 0 spiro atoms. The zero-order valence-corrected chi connectivity index (χ0v) is 15.8. The highest BCUT2D eigenvalue weighted by Crippen LogP contribution is 2.35. The fraction of sp³-hybridized carbons (Fsp3) is 0.0952. The SMILES string of the molecule is O=C(Nc1ccc(C2=CSC3=NCCN23)cc1)c1cccc(-n2cccn2)c1. The number of nitrogens with one attached hydrogen (secondary N) is 1. The summed E-state index contributed by atoms with van der Waals surface area (Å²) < 4.78 is 1.73. The molecule has 0 bridgehead atoms. The molecular weight excluding hydrogens is 370 g/mol. The van der Waals surface area contributed by atoms with Gasteiger partial charge >= 0.3 is 0 Å². The van der Waals surface area contributed by atoms with Crippen molar-refractivity contribution in [3.63, 3.8) is 0 Å². The third-order valence-corrected chi connectivity index (χ3v) is 5.59. The zero-order chi connectivity index (χ0) is 18.9. The van der Waals surface area contributed by atoms with Gasteiger partial charge in [0, 0.05) is 35.6 Å². The average Bonchev–Trinajstić information content (AvgIpc) is 3.47. The van der Waals surface area contributed by atoms with Crippen molar-refractivity contribution in [3.05, 3.63) is 83.5 Å². The van der Waals surface area contributed by atoms with Crippen molar-refractivity contribution >= 4 is 34.2 Å². The number of thioether (sulfide) groups is 1. The van der Waals surface area contributed by atoms with Crippen molar-refractivity contribution in [2.24, 2.45) is 4.99 Å². The number of anilines is 1. The highest BCUT2D eigenvalue weighted by Gasteiger charge is 2.26. The van der Waals surface area contributed by atoms with Crippen LogP contribution in [0.4, 0.5) is 5.69 Å². The fourth-order valence-electron chi connectivity index (χ4n) is 3.29. The molecule has 0 unspecified atom stereocenters. The van der Waals surface area contributed by atoms with Gasteiger partial charge in [-0.1, -0.05) is 30.0 Å². The maximum Gasteiger partial charge on any atom is 0.255 e. The molecule has 2 aliphatic heterocycles. The number of hydrogen-bond acceptors (Lipinski definition) is 5. The van der Waals surface area contributed by atoms with Gasteiger partial charge in [0.15, 0.2) is 5.17 Å². The van der Waals surface area contributed by atoms with Gasteiger partial charge in [0.1, 0.15) is 0 Å². The molecule has 3 aromatic rings. The molecule has 0 aliphatic carbocycles. The minimum absolute atomic E-state index is 0.147. The molecule has 3 heterocycles. The Morgan fingerprint density at radius 3 is 2.82 bits per heavy atom. The molecule has 0 radical (unpaired) electrons. The van der Waals surface area contributed by atoms with Gasteiger partial charge in [0.2, 0.25) is 0 Å². The van der Waals surface area contributed by atoms with Gasteiger partial charge in [0.25, 0.3) is 5.91 Å². The number of aliphatic imine (C=N–C) groups is 1. The van der Waals surface area contributed by atoms with Gasteiger partial charge in [-0.15, -0.1) is 0 Å². The van der Waals surface area contributed by atoms with Crippen molar-refractivity contribution < 1.29 is 4.79 Å². The molecule has 6 nitrogen and oxygen atoms in total. The van der Waals surface area contributed by atoms with E-state index in [9.17, 15) is 4.79 Å². The molecular formula is C21H17N5OS. The summed E-state index contributed by atoms with van der Waals surface area (Å²) in [6.07, 6.45) is 3.56. The Labute approximate surface area is 166 Å². The number of nitrogens with zero attached hydrogens (tertiary/aromatic N) is 4. The molecule has 2 aliphatic rings. The number of hydrogen-bond donors (Lipinski definition) is 1. The lowest BCUT2D eigenvalue weighted by Crippen LogP contribution is -2.19. The summed E-state index contributed by atoms with van der Waals surface area (Å²) in [4.78, 5) is 19.4. The summed E-state index contributed by atoms with van der Waals surface area (Å²) in [6.45, 7) is 1.78. The van der Waals surface area contributed by atoms with Gasteiger partial charge in [-0.3, -0.25) is 9.79 Å². The van der Waals surface area contributed by atoms with E-state index >= 15 is 0 Å². The second-order valence-electron chi connectivity index (χ2n) is 6.47. The molecule has 0 atom stereocenters. The first-order valence-electron chi connectivity index (χ1n) is 8.99. The first-order chi connectivity index (χ1) is 13.8. The van der Waals surface area contributed by atoms with Gasteiger partial charge in [-0.05, 0) is 42.0 Å². The number of aromatic nitrogens is 2. The minimum atomic E-state index is -0.147. The summed E-state index contributed by atoms with van der Waals surface area (Å²) in [5.41, 5.74) is 4.50. The first kappa shape index (κ1) is 16.8. The summed E-state index contributed by atoms with van der Waals surface area (Å²) >= 11 is 1.67. The minimum Gasteiger partial charge on any atom is -0.322 e. The highest BCUT2D eigenvalue weighted by atomic mass is 32.2. The molecule has 2 aromatic carbocycles. The van der Waals surface area contributed by atoms with Crippen molar-refractivity contribution in [2.45, 2.75) is 0 Å². The lowest BCUT2D eigenvalue weighted by Gasteiger charge is -2.17. The van der Waals surface area contributed by atoms with E-state index in [1.54, 1.807) is 28.7 Å². The molecule has 7 heteroatoms. The maximum atomic E-state index is 12.6. The Hall–Kier alpha value is -3.32. The van der Waals surface area contributed by atoms with Gasteiger partial charge < -0.3 is 10.2 Å². The lowest BCUT2D eigenvalue weighted by molar-refractivity contribution is 0.102. The predicted octanol–water partition coefficient (Wildman–Crippen LogP) is 3.84. The van der Waals surface area contributed by atoms with Crippen molar-refractivity contribution in [1.82, 2.24) is 14.7 Å². The van der Waals surface area contributed by atoms with E-state index in [1.807, 2.05) is 54.7 Å². The third kappa shape index (κ3) is 3.10. The Balaban J connectivity index is 1.31. The van der Waals surface area contributed by atoms with Crippen LogP contribution in [0.3, 0.4) is 0 Å². The van der Waals surface area contributed by atoms with Crippen molar-refractivity contribution in [1.29, 1.82) is 0 Å². The number of fused-ring (bicyclic) bond motifs is 1. The number of amidine groups is 1. The molecule has 1 N–H and O–H groups in total. The number of benzene rings is 2. The Bertz CT molecular complexity index is 1090. The van der Waals surface area contributed by atoms with Crippen molar-refractivity contribution in [2.75, 3.05) is 18.4 Å². The molecule has 5 rings (SSSR count). The average molecular weight is 387 g/mol. The standard InChI is InChI=1S/C21H17N5OS/c27-20(16-3-1-4-18(13-16)26-11-2-9-23-26)24-17-7-5-15(6-8-17)19-14-28-21-22-10-12-25(19)21/h1-9,11,13-14H,10,12H2,(H,24,27). The Kier molecular flexibility index (Phi) is 4.21. The Morgan fingerprint density at radius 2 is 2.00 bits per heavy atom. The van der Waals surface area contributed by atoms with E-state index in [1.165, 1.54) is 5.70 Å². The van der Waals surface area contributed by atoms with Crippen molar-refractivity contribution in [3.8, 4) is 5.69 Å². The van der Waals surface area contributed by atoms with E-state index in [0.29, 0.717) is 5.56 Å². The van der Waals surface area contributed by atoms with Crippen LogP contribution in [0.25, 0.3) is 11.4 Å². The topological polar surface area (TPSA) is 62.5 Å². The second-order valence-corrected chi connectivity index (χ2v) is 7.31. The number of carbonyl (C=O) groups excluding carboxylic acids is 1. The molecule has 0 saturated heterocycles. The van der Waals surface area contributed by atoms with Gasteiger partial charge in [0.05, 0.1) is 17.9 Å². The normalized spacial score (nSPS) is 15.2. The van der Waals surface area contributed by atoms with Crippen LogP contribution in [-0.2, 0) is 0 Å². The van der Waals surface area contributed by atoms with Crippen LogP contribution >= 0.6 is 11.8 Å². The fourth-order valence-corrected chi connectivity index (χ4v) is 4.25. The van der Waals surface area contributed by atoms with E-state index in [-0.39, 0.29) is 5.91 Å². The molecule has 0 saturated carbocycles. The molecule has 1 amide bonds. The van der Waals surface area contributed by atoms with Crippen LogP contribution < -0.4 is 5.32 Å². The van der Waals surface area contributed by atoms with Crippen LogP contribution in [0, 0.1) is 0 Å². The third-order valence-electron chi connectivity index (χ3n) is 4.68. The summed E-state index contributed by atoms with van der Waals surface area (Å²) in [5, 5.41) is 10.4. The zero-order valence-electron chi connectivity index (χ0n) is 14.9. The summed E-state index contributed by atoms with van der Waals surface area (Å²) in [6, 6.07) is 17.2. The predicted molar refractivity (Wildman–Crippen MR) is 113 cm³/mol. The van der Waals surface area contributed by atoms with Crippen LogP contribution in [0.1, 0.15) is 15.9 Å². The van der Waals surface area contributed by atoms with E-state index in [0.717, 1.165) is 35.2 Å². The first-order valence-corrected chi connectivity index (χ1v) is 9.86. The molecule has 0 fully saturated rings. The number of carbonyl (C=O) groups is 1. The van der Waals surface area contributed by atoms with Crippen LogP contribution in [0.5, 0.6) is 0 Å². The molecule has 138 valence electrons. The van der Waals surface area contributed by atoms with Crippen LogP contribution in [-0.4, -0.2) is 38.8 Å². The lowest BCUT2D eigenvalue weighted by atomic mass is 10.1. The van der Waals surface area contributed by atoms with E-state index < -0.39 is 0 Å². The quantitative estimate of drug-likeness (QED) is 0.739. The largest absolute Gasteiger partial charge is 0.322 e. The van der Waals surface area contributed by atoms with Crippen LogP contribution in [0.15, 0.2) is 77.4 Å². The summed E-state index contributed by atoms with van der Waals surface area (Å²) in [5.74, 6) is -0.147. The highest BCUT2D eigenvalue weighted by molar-refractivity contribution is 8.16. The maximum absolute atomic E-state index is 12.6. The molecule has 28 heavy (non-hydrogen) atoms. The van der Waals surface area contributed by atoms with Crippen LogP contribution in [0.2, 0.25) is 0 Å². The van der Waals surface area contributed by atoms with Gasteiger partial charge in [-0.2, -0.15) is 5.10 Å². The van der Waals surface area contributed by atoms with Gasteiger partial charge in [-0.25, -0.2) is 4.68 Å². The van der Waals surface area contributed by atoms with E-state index in [4.69, 9.17) is 0 Å². The number of rotatable bonds is 4.